The summed E-state index contributed by atoms with van der Waals surface area (Å²) in [5.74, 6) is 0.614. The van der Waals surface area contributed by atoms with Gasteiger partial charge in [0.1, 0.15) is 6.23 Å². The number of rotatable bonds is 34. The van der Waals surface area contributed by atoms with Crippen LogP contribution in [0.4, 0.5) is 0 Å². The van der Waals surface area contributed by atoms with Gasteiger partial charge in [-0.25, -0.2) is 0 Å². The average molecular weight is 576 g/mol. The monoisotopic (exact) mass is 576 g/mol. The molecule has 0 spiro atoms. The van der Waals surface area contributed by atoms with E-state index in [2.05, 4.69) is 38.2 Å². The normalized spacial score (nSPS) is 12.9. The molecule has 1 unspecified atom stereocenters. The third-order valence-corrected chi connectivity index (χ3v) is 8.82. The zero-order valence-corrected chi connectivity index (χ0v) is 28.4. The molecule has 2 heteroatoms. The van der Waals surface area contributed by atoms with Crippen molar-refractivity contribution in [2.24, 2.45) is 11.7 Å². The number of unbranched alkanes of at least 4 members (excludes halogenated alkanes) is 24. The number of aliphatic hydroxyl groups is 1. The summed E-state index contributed by atoms with van der Waals surface area (Å²) >= 11 is 0. The van der Waals surface area contributed by atoms with Crippen LogP contribution in [-0.4, -0.2) is 11.3 Å². The molecule has 0 aliphatic heterocycles. The molecule has 244 valence electrons. The Morgan fingerprint density at radius 2 is 0.683 bits per heavy atom. The van der Waals surface area contributed by atoms with Crippen LogP contribution in [0.2, 0.25) is 0 Å². The number of hydrogen-bond acceptors (Lipinski definition) is 2. The molecule has 1 atom stereocenters. The van der Waals surface area contributed by atoms with E-state index >= 15 is 0 Å². The van der Waals surface area contributed by atoms with Gasteiger partial charge in [-0.2, -0.15) is 0 Å². The minimum atomic E-state index is -0.636. The summed E-state index contributed by atoms with van der Waals surface area (Å²) in [5.41, 5.74) is 5.76. The number of hydrogen-bond donors (Lipinski definition) is 2. The fourth-order valence-electron chi connectivity index (χ4n) is 6.08. The molecule has 0 heterocycles. The van der Waals surface area contributed by atoms with Crippen molar-refractivity contribution in [1.29, 1.82) is 0 Å². The van der Waals surface area contributed by atoms with Gasteiger partial charge in [0.25, 0.3) is 0 Å². The van der Waals surface area contributed by atoms with Crippen LogP contribution in [0.15, 0.2) is 24.3 Å². The summed E-state index contributed by atoms with van der Waals surface area (Å²) in [7, 11) is 0. The molecule has 0 fully saturated rings. The Labute approximate surface area is 259 Å². The minimum absolute atomic E-state index is 0.614. The smallest absolute Gasteiger partial charge is 0.102 e. The molecule has 0 saturated heterocycles. The van der Waals surface area contributed by atoms with Crippen LogP contribution in [0.5, 0.6) is 0 Å². The molecule has 0 aliphatic carbocycles. The lowest BCUT2D eigenvalue weighted by atomic mass is 9.91. The van der Waals surface area contributed by atoms with Crippen molar-refractivity contribution in [3.05, 3.63) is 24.3 Å². The highest BCUT2D eigenvalue weighted by Crippen LogP contribution is 2.23. The predicted molar refractivity (Wildman–Crippen MR) is 186 cm³/mol. The first kappa shape index (κ1) is 40.4. The SMILES string of the molecule is CCCCCCCC/C=C\CCCCCCCCC(CCCCCCCC/C=C\CCCCCCCC)CC(N)O. The van der Waals surface area contributed by atoms with Crippen molar-refractivity contribution in [2.75, 3.05) is 0 Å². The lowest BCUT2D eigenvalue weighted by Gasteiger charge is -2.18. The Balaban J connectivity index is 3.55. The van der Waals surface area contributed by atoms with Crippen LogP contribution in [0.25, 0.3) is 0 Å². The van der Waals surface area contributed by atoms with E-state index in [4.69, 9.17) is 5.73 Å². The number of aliphatic hydroxyl groups excluding tert-OH is 1. The van der Waals surface area contributed by atoms with Gasteiger partial charge in [0.2, 0.25) is 0 Å². The minimum Gasteiger partial charge on any atom is -0.379 e. The van der Waals surface area contributed by atoms with Crippen molar-refractivity contribution in [1.82, 2.24) is 0 Å². The maximum absolute atomic E-state index is 9.76. The topological polar surface area (TPSA) is 46.2 Å². The molecule has 0 aromatic rings. The second-order valence-electron chi connectivity index (χ2n) is 13.1. The quantitative estimate of drug-likeness (QED) is 0.0455. The average Bonchev–Trinajstić information content (AvgIpc) is 2.96. The Bertz CT molecular complexity index is 484. The van der Waals surface area contributed by atoms with Crippen LogP contribution >= 0.6 is 0 Å². The van der Waals surface area contributed by atoms with Gasteiger partial charge in [-0.05, 0) is 63.7 Å². The summed E-state index contributed by atoms with van der Waals surface area (Å²) in [6.07, 6.45) is 50.5. The molecule has 3 N–H and O–H groups in total. The molecule has 0 aromatic heterocycles. The molecule has 2 nitrogen and oxygen atoms in total. The van der Waals surface area contributed by atoms with Crippen LogP contribution in [-0.2, 0) is 0 Å². The first-order valence-electron chi connectivity index (χ1n) is 18.9. The Morgan fingerprint density at radius 3 is 0.976 bits per heavy atom. The molecule has 0 radical (unpaired) electrons. The van der Waals surface area contributed by atoms with Gasteiger partial charge < -0.3 is 10.8 Å². The van der Waals surface area contributed by atoms with Gasteiger partial charge in [-0.1, -0.05) is 179 Å². The highest BCUT2D eigenvalue weighted by molar-refractivity contribution is 4.82. The maximum atomic E-state index is 9.76. The molecule has 0 saturated carbocycles. The summed E-state index contributed by atoms with van der Waals surface area (Å²) in [6.45, 7) is 4.57. The van der Waals surface area contributed by atoms with E-state index in [-0.39, 0.29) is 0 Å². The third kappa shape index (κ3) is 35.5. The summed E-state index contributed by atoms with van der Waals surface area (Å²) in [6, 6.07) is 0. The van der Waals surface area contributed by atoms with E-state index in [0.717, 1.165) is 6.42 Å². The molecular formula is C39H77NO. The van der Waals surface area contributed by atoms with E-state index < -0.39 is 6.23 Å². The molecule has 0 rings (SSSR count). The Kier molecular flexibility index (Phi) is 35.1. The third-order valence-electron chi connectivity index (χ3n) is 8.82. The lowest BCUT2D eigenvalue weighted by Crippen LogP contribution is -2.22. The van der Waals surface area contributed by atoms with Gasteiger partial charge >= 0.3 is 0 Å². The summed E-state index contributed by atoms with van der Waals surface area (Å²) in [5, 5.41) is 9.76. The highest BCUT2D eigenvalue weighted by atomic mass is 16.3. The van der Waals surface area contributed by atoms with E-state index in [0.29, 0.717) is 5.92 Å². The maximum Gasteiger partial charge on any atom is 0.102 e. The zero-order chi connectivity index (χ0) is 29.9. The zero-order valence-electron chi connectivity index (χ0n) is 28.4. The van der Waals surface area contributed by atoms with Crippen LogP contribution in [0.1, 0.15) is 213 Å². The van der Waals surface area contributed by atoms with E-state index in [1.165, 1.54) is 193 Å². The van der Waals surface area contributed by atoms with Crippen molar-refractivity contribution in [3.8, 4) is 0 Å². The predicted octanol–water partition coefficient (Wildman–Crippen LogP) is 13.1. The second-order valence-corrected chi connectivity index (χ2v) is 13.1. The molecular weight excluding hydrogens is 498 g/mol. The van der Waals surface area contributed by atoms with Gasteiger partial charge in [-0.3, -0.25) is 0 Å². The standard InChI is InChI=1S/C39H77NO/c1-3-5-7-9-11-13-15-17-19-21-23-25-27-29-31-33-35-38(37-39(40)41)36-34-32-30-28-26-24-22-20-18-16-14-12-10-8-6-4-2/h17-20,38-39,41H,3-16,21-37,40H2,1-2H3/b19-17-,20-18-. The Hall–Kier alpha value is -0.600. The molecule has 41 heavy (non-hydrogen) atoms. The highest BCUT2D eigenvalue weighted by Gasteiger charge is 2.11. The molecule has 0 amide bonds. The first-order chi connectivity index (χ1) is 20.2. The van der Waals surface area contributed by atoms with Crippen LogP contribution in [0, 0.1) is 5.92 Å². The van der Waals surface area contributed by atoms with E-state index in [9.17, 15) is 5.11 Å². The summed E-state index contributed by atoms with van der Waals surface area (Å²) in [4.78, 5) is 0. The number of allylic oxidation sites excluding steroid dienone is 4. The van der Waals surface area contributed by atoms with Gasteiger partial charge in [-0.15, -0.1) is 0 Å². The van der Waals surface area contributed by atoms with Gasteiger partial charge in [0, 0.05) is 0 Å². The van der Waals surface area contributed by atoms with Gasteiger partial charge in [0.15, 0.2) is 0 Å². The number of nitrogens with two attached hydrogens (primary N) is 1. The van der Waals surface area contributed by atoms with E-state index in [1.807, 2.05) is 0 Å². The molecule has 0 aliphatic rings. The van der Waals surface area contributed by atoms with Gasteiger partial charge in [0.05, 0.1) is 0 Å². The van der Waals surface area contributed by atoms with Crippen molar-refractivity contribution in [2.45, 2.75) is 219 Å². The van der Waals surface area contributed by atoms with Crippen molar-refractivity contribution >= 4 is 0 Å². The van der Waals surface area contributed by atoms with E-state index in [1.54, 1.807) is 0 Å². The fourth-order valence-corrected chi connectivity index (χ4v) is 6.08. The first-order valence-corrected chi connectivity index (χ1v) is 18.9. The van der Waals surface area contributed by atoms with Crippen molar-refractivity contribution in [3.63, 3.8) is 0 Å². The fraction of sp³-hybridized carbons (Fsp3) is 0.897. The molecule has 0 aromatic carbocycles. The van der Waals surface area contributed by atoms with Crippen LogP contribution < -0.4 is 5.73 Å². The Morgan fingerprint density at radius 1 is 0.415 bits per heavy atom. The van der Waals surface area contributed by atoms with Crippen LogP contribution in [0.3, 0.4) is 0 Å². The largest absolute Gasteiger partial charge is 0.379 e. The van der Waals surface area contributed by atoms with Crippen molar-refractivity contribution < 1.29 is 5.11 Å². The summed E-state index contributed by atoms with van der Waals surface area (Å²) < 4.78 is 0. The lowest BCUT2D eigenvalue weighted by molar-refractivity contribution is 0.141. The molecule has 0 bridgehead atoms. The second kappa shape index (κ2) is 35.6.